The van der Waals surface area contributed by atoms with Gasteiger partial charge in [0.05, 0.1) is 6.54 Å². The molecule has 36 heavy (non-hydrogen) atoms. The highest BCUT2D eigenvalue weighted by Crippen LogP contribution is 2.43. The van der Waals surface area contributed by atoms with Gasteiger partial charge in [0.1, 0.15) is 23.6 Å². The second-order valence-electron chi connectivity index (χ2n) is 8.68. The summed E-state index contributed by atoms with van der Waals surface area (Å²) in [4.78, 5) is 21.7. The van der Waals surface area contributed by atoms with Gasteiger partial charge in [-0.05, 0) is 37.1 Å². The highest BCUT2D eigenvalue weighted by atomic mass is 16.5. The van der Waals surface area contributed by atoms with Gasteiger partial charge in [-0.1, -0.05) is 68.1 Å². The molecule has 0 fully saturated rings. The number of ether oxygens (including phenoxy) is 1. The van der Waals surface area contributed by atoms with Crippen LogP contribution in [0.3, 0.4) is 0 Å². The smallest absolute Gasteiger partial charge is 0.303 e. The van der Waals surface area contributed by atoms with Gasteiger partial charge in [0.2, 0.25) is 11.6 Å². The maximum atomic E-state index is 10.9. The summed E-state index contributed by atoms with van der Waals surface area (Å²) in [7, 11) is 0. The summed E-state index contributed by atoms with van der Waals surface area (Å²) < 4.78 is 12.6. The number of hydrogen-bond donors (Lipinski definition) is 1. The Morgan fingerprint density at radius 3 is 2.56 bits per heavy atom. The molecular formula is C29H31N3O4. The van der Waals surface area contributed by atoms with Gasteiger partial charge in [0.15, 0.2) is 0 Å². The third-order valence-corrected chi connectivity index (χ3v) is 6.04. The summed E-state index contributed by atoms with van der Waals surface area (Å²) in [6.45, 7) is 9.07. The van der Waals surface area contributed by atoms with Crippen LogP contribution in [0.1, 0.15) is 32.3 Å². The number of furan rings is 1. The first-order valence-corrected chi connectivity index (χ1v) is 12.2. The minimum atomic E-state index is -0.805. The Kier molecular flexibility index (Phi) is 8.00. The molecule has 0 bridgehead atoms. The summed E-state index contributed by atoms with van der Waals surface area (Å²) in [5, 5.41) is 9.64. The summed E-state index contributed by atoms with van der Waals surface area (Å²) in [6, 6.07) is 18.4. The molecule has 0 unspecified atom stereocenters. The van der Waals surface area contributed by atoms with Crippen molar-refractivity contribution in [2.24, 2.45) is 0 Å². The van der Waals surface area contributed by atoms with E-state index in [1.165, 1.54) is 11.9 Å². The van der Waals surface area contributed by atoms with Crippen LogP contribution >= 0.6 is 0 Å². The van der Waals surface area contributed by atoms with Gasteiger partial charge in [-0.15, -0.1) is 0 Å². The van der Waals surface area contributed by atoms with E-state index in [1.807, 2.05) is 42.2 Å². The molecule has 7 heteroatoms. The van der Waals surface area contributed by atoms with Crippen LogP contribution in [-0.2, 0) is 11.2 Å². The zero-order chi connectivity index (χ0) is 25.5. The van der Waals surface area contributed by atoms with Crippen molar-refractivity contribution < 1.29 is 19.1 Å². The van der Waals surface area contributed by atoms with E-state index < -0.39 is 5.97 Å². The highest BCUT2D eigenvalue weighted by Gasteiger charge is 2.24. The van der Waals surface area contributed by atoms with Gasteiger partial charge in [0.25, 0.3) is 0 Å². The Morgan fingerprint density at radius 2 is 1.89 bits per heavy atom. The van der Waals surface area contributed by atoms with Crippen molar-refractivity contribution in [1.29, 1.82) is 0 Å². The Bertz CT molecular complexity index is 1320. The van der Waals surface area contributed by atoms with Crippen LogP contribution in [-0.4, -0.2) is 45.1 Å². The fourth-order valence-corrected chi connectivity index (χ4v) is 4.22. The van der Waals surface area contributed by atoms with E-state index in [-0.39, 0.29) is 12.5 Å². The minimum absolute atomic E-state index is 0.115. The van der Waals surface area contributed by atoms with E-state index >= 15 is 0 Å². The topological polar surface area (TPSA) is 88.7 Å². The first kappa shape index (κ1) is 25.0. The zero-order valence-corrected chi connectivity index (χ0v) is 20.7. The predicted octanol–water partition coefficient (Wildman–Crippen LogP) is 6.20. The number of hydrogen-bond acceptors (Lipinski definition) is 6. The van der Waals surface area contributed by atoms with E-state index in [0.29, 0.717) is 36.9 Å². The van der Waals surface area contributed by atoms with Crippen LogP contribution in [0.4, 0.5) is 0 Å². The van der Waals surface area contributed by atoms with Crippen LogP contribution in [0.15, 0.2) is 78.1 Å². The lowest BCUT2D eigenvalue weighted by Gasteiger charge is -2.24. The first-order valence-electron chi connectivity index (χ1n) is 12.2. The molecule has 4 rings (SSSR count). The molecule has 0 aliphatic carbocycles. The molecule has 2 aromatic carbocycles. The summed E-state index contributed by atoms with van der Waals surface area (Å²) in [5.74, 6) is 0.358. The van der Waals surface area contributed by atoms with E-state index in [9.17, 15) is 4.79 Å². The Hall–Kier alpha value is -4.13. The lowest BCUT2D eigenvalue weighted by Crippen LogP contribution is -2.31. The molecule has 0 spiro atoms. The SMILES string of the molecule is C=CN(CCCC(=O)O)C[C@H](C)Oc1ncnc2oc(-c3ccccc3)c(-c3ccc(CC)cc3)c12. The molecule has 0 aliphatic heterocycles. The van der Waals surface area contributed by atoms with Crippen LogP contribution < -0.4 is 4.74 Å². The van der Waals surface area contributed by atoms with Crippen molar-refractivity contribution >= 4 is 17.1 Å². The Morgan fingerprint density at radius 1 is 1.14 bits per heavy atom. The van der Waals surface area contributed by atoms with Crippen molar-refractivity contribution in [2.75, 3.05) is 13.1 Å². The fraction of sp³-hybridized carbons (Fsp3) is 0.276. The van der Waals surface area contributed by atoms with E-state index in [2.05, 4.69) is 47.7 Å². The molecule has 2 heterocycles. The summed E-state index contributed by atoms with van der Waals surface area (Å²) >= 11 is 0. The third-order valence-electron chi connectivity index (χ3n) is 6.04. The number of aromatic nitrogens is 2. The number of rotatable bonds is 12. The lowest BCUT2D eigenvalue weighted by atomic mass is 9.98. The largest absolute Gasteiger partial charge is 0.481 e. The van der Waals surface area contributed by atoms with Gasteiger partial charge < -0.3 is 19.2 Å². The molecule has 0 amide bonds. The molecule has 2 aromatic heterocycles. The highest BCUT2D eigenvalue weighted by molar-refractivity contribution is 6.03. The maximum absolute atomic E-state index is 10.9. The minimum Gasteiger partial charge on any atom is -0.481 e. The lowest BCUT2D eigenvalue weighted by molar-refractivity contribution is -0.137. The number of nitrogens with zero attached hydrogens (tertiary/aromatic N) is 3. The molecule has 0 aliphatic rings. The Balaban J connectivity index is 1.70. The first-order chi connectivity index (χ1) is 17.5. The quantitative estimate of drug-likeness (QED) is 0.256. The van der Waals surface area contributed by atoms with Gasteiger partial charge in [-0.25, -0.2) is 9.97 Å². The van der Waals surface area contributed by atoms with Gasteiger partial charge in [-0.3, -0.25) is 4.79 Å². The molecule has 0 radical (unpaired) electrons. The normalized spacial score (nSPS) is 11.8. The second-order valence-corrected chi connectivity index (χ2v) is 8.68. The van der Waals surface area contributed by atoms with Crippen LogP contribution in [0, 0.1) is 0 Å². The molecule has 1 atom stereocenters. The van der Waals surface area contributed by atoms with Crippen LogP contribution in [0.2, 0.25) is 0 Å². The second kappa shape index (κ2) is 11.5. The monoisotopic (exact) mass is 485 g/mol. The van der Waals surface area contributed by atoms with Gasteiger partial charge in [-0.2, -0.15) is 0 Å². The molecule has 7 nitrogen and oxygen atoms in total. The van der Waals surface area contributed by atoms with Gasteiger partial charge in [0, 0.05) is 24.1 Å². The van der Waals surface area contributed by atoms with Crippen molar-refractivity contribution in [2.45, 2.75) is 39.2 Å². The number of carboxylic acid groups (broad SMARTS) is 1. The number of fused-ring (bicyclic) bond motifs is 1. The maximum Gasteiger partial charge on any atom is 0.303 e. The zero-order valence-electron chi connectivity index (χ0n) is 20.7. The average Bonchev–Trinajstić information content (AvgIpc) is 3.29. The number of carboxylic acids is 1. The van der Waals surface area contributed by atoms with Crippen LogP contribution in [0.5, 0.6) is 5.88 Å². The van der Waals surface area contributed by atoms with Crippen LogP contribution in [0.25, 0.3) is 33.6 Å². The third kappa shape index (κ3) is 5.74. The number of carbonyl (C=O) groups is 1. The molecule has 1 N–H and O–H groups in total. The van der Waals surface area contributed by atoms with Crippen molar-refractivity contribution in [3.63, 3.8) is 0 Å². The van der Waals surface area contributed by atoms with Crippen molar-refractivity contribution in [3.05, 3.63) is 79.3 Å². The van der Waals surface area contributed by atoms with Crippen molar-refractivity contribution in [1.82, 2.24) is 14.9 Å². The average molecular weight is 486 g/mol. The number of benzene rings is 2. The number of aryl methyl sites for hydroxylation is 1. The van der Waals surface area contributed by atoms with E-state index in [4.69, 9.17) is 14.3 Å². The van der Waals surface area contributed by atoms with Crippen molar-refractivity contribution in [3.8, 4) is 28.3 Å². The molecule has 0 saturated heterocycles. The fourth-order valence-electron chi connectivity index (χ4n) is 4.22. The van der Waals surface area contributed by atoms with E-state index in [1.54, 1.807) is 6.20 Å². The predicted molar refractivity (Wildman–Crippen MR) is 141 cm³/mol. The molecule has 4 aromatic rings. The molecular weight excluding hydrogens is 454 g/mol. The molecule has 186 valence electrons. The van der Waals surface area contributed by atoms with E-state index in [0.717, 1.165) is 28.5 Å². The van der Waals surface area contributed by atoms with Gasteiger partial charge >= 0.3 is 5.97 Å². The Labute approximate surface area is 211 Å². The summed E-state index contributed by atoms with van der Waals surface area (Å²) in [6.07, 6.45) is 4.53. The summed E-state index contributed by atoms with van der Waals surface area (Å²) in [5.41, 5.74) is 4.55. The molecule has 0 saturated carbocycles. The standard InChI is InChI=1S/C29H31N3O4/c1-4-21-13-15-22(16-14-21)25-26-28(35-20(3)18-32(5-2)17-9-12-24(33)34)30-19-31-29(26)36-27(25)23-10-7-6-8-11-23/h5-8,10-11,13-16,19-20H,2,4,9,12,17-18H2,1,3H3,(H,33,34)/t20-/m0/s1. The number of aliphatic carboxylic acids is 1.